The van der Waals surface area contributed by atoms with Crippen molar-refractivity contribution in [3.8, 4) is 11.5 Å². The van der Waals surface area contributed by atoms with Gasteiger partial charge in [0.15, 0.2) is 0 Å². The molecular weight excluding hydrogens is 302 g/mol. The normalized spacial score (nSPS) is 10.5. The second-order valence-corrected chi connectivity index (χ2v) is 5.49. The molecule has 0 saturated heterocycles. The molecule has 100 valence electrons. The SMILES string of the molecule is CCCc1ccc(Oc2cc(C)c(N)cc2Br)cc1. The average Bonchev–Trinajstić information content (AvgIpc) is 2.38. The molecule has 2 aromatic rings. The van der Waals surface area contributed by atoms with Gasteiger partial charge in [-0.3, -0.25) is 0 Å². The number of hydrogen-bond acceptors (Lipinski definition) is 2. The van der Waals surface area contributed by atoms with Crippen LogP contribution in [0.4, 0.5) is 5.69 Å². The number of hydrogen-bond donors (Lipinski definition) is 1. The molecule has 0 amide bonds. The van der Waals surface area contributed by atoms with Crippen molar-refractivity contribution < 1.29 is 4.74 Å². The van der Waals surface area contributed by atoms with Gasteiger partial charge >= 0.3 is 0 Å². The first-order valence-electron chi connectivity index (χ1n) is 6.42. The Bertz CT molecular complexity index is 564. The van der Waals surface area contributed by atoms with Crippen molar-refractivity contribution in [3.05, 3.63) is 52.0 Å². The van der Waals surface area contributed by atoms with Gasteiger partial charge in [-0.05, 0) is 64.7 Å². The summed E-state index contributed by atoms with van der Waals surface area (Å²) in [5.41, 5.74) is 8.96. The lowest BCUT2D eigenvalue weighted by Crippen LogP contribution is -1.92. The van der Waals surface area contributed by atoms with E-state index < -0.39 is 0 Å². The summed E-state index contributed by atoms with van der Waals surface area (Å²) in [7, 11) is 0. The second-order valence-electron chi connectivity index (χ2n) is 4.64. The molecule has 0 fully saturated rings. The summed E-state index contributed by atoms with van der Waals surface area (Å²) in [6.45, 7) is 4.15. The average molecular weight is 320 g/mol. The molecule has 2 N–H and O–H groups in total. The maximum absolute atomic E-state index is 5.88. The summed E-state index contributed by atoms with van der Waals surface area (Å²) in [5, 5.41) is 0. The van der Waals surface area contributed by atoms with Crippen LogP contribution in [0.5, 0.6) is 11.5 Å². The van der Waals surface area contributed by atoms with Gasteiger partial charge < -0.3 is 10.5 Å². The van der Waals surface area contributed by atoms with Crippen LogP contribution in [-0.2, 0) is 6.42 Å². The van der Waals surface area contributed by atoms with E-state index in [9.17, 15) is 0 Å². The van der Waals surface area contributed by atoms with Crippen LogP contribution in [0.1, 0.15) is 24.5 Å². The van der Waals surface area contributed by atoms with Crippen LogP contribution >= 0.6 is 15.9 Å². The molecular formula is C16H18BrNO. The summed E-state index contributed by atoms with van der Waals surface area (Å²) in [6.07, 6.45) is 2.26. The maximum atomic E-state index is 5.88. The summed E-state index contributed by atoms with van der Waals surface area (Å²) in [4.78, 5) is 0. The number of nitrogen functional groups attached to an aromatic ring is 1. The zero-order valence-corrected chi connectivity index (χ0v) is 12.8. The molecule has 0 heterocycles. The van der Waals surface area contributed by atoms with Crippen LogP contribution < -0.4 is 10.5 Å². The molecule has 0 spiro atoms. The topological polar surface area (TPSA) is 35.2 Å². The molecule has 0 saturated carbocycles. The van der Waals surface area contributed by atoms with E-state index in [1.807, 2.05) is 31.2 Å². The third-order valence-corrected chi connectivity index (χ3v) is 3.63. The molecule has 0 atom stereocenters. The van der Waals surface area contributed by atoms with Gasteiger partial charge in [-0.2, -0.15) is 0 Å². The van der Waals surface area contributed by atoms with Crippen LogP contribution in [0, 0.1) is 6.92 Å². The molecule has 0 aromatic heterocycles. The Morgan fingerprint density at radius 2 is 1.84 bits per heavy atom. The van der Waals surface area contributed by atoms with Crippen molar-refractivity contribution in [2.24, 2.45) is 0 Å². The van der Waals surface area contributed by atoms with Crippen LogP contribution in [-0.4, -0.2) is 0 Å². The zero-order valence-electron chi connectivity index (χ0n) is 11.2. The molecule has 2 nitrogen and oxygen atoms in total. The zero-order chi connectivity index (χ0) is 13.8. The van der Waals surface area contributed by atoms with E-state index in [-0.39, 0.29) is 0 Å². The minimum atomic E-state index is 0.762. The van der Waals surface area contributed by atoms with E-state index in [2.05, 4.69) is 35.0 Å². The van der Waals surface area contributed by atoms with Crippen molar-refractivity contribution in [1.82, 2.24) is 0 Å². The Morgan fingerprint density at radius 3 is 2.47 bits per heavy atom. The summed E-state index contributed by atoms with van der Waals surface area (Å²) >= 11 is 3.47. The molecule has 0 aliphatic rings. The van der Waals surface area contributed by atoms with E-state index in [0.717, 1.165) is 40.1 Å². The smallest absolute Gasteiger partial charge is 0.142 e. The highest BCUT2D eigenvalue weighted by Crippen LogP contribution is 2.33. The molecule has 0 aliphatic heterocycles. The third kappa shape index (κ3) is 3.51. The Morgan fingerprint density at radius 1 is 1.16 bits per heavy atom. The molecule has 19 heavy (non-hydrogen) atoms. The number of halogens is 1. The van der Waals surface area contributed by atoms with E-state index >= 15 is 0 Å². The molecule has 2 aromatic carbocycles. The van der Waals surface area contributed by atoms with Crippen molar-refractivity contribution in [3.63, 3.8) is 0 Å². The minimum Gasteiger partial charge on any atom is -0.456 e. The molecule has 0 unspecified atom stereocenters. The first-order valence-corrected chi connectivity index (χ1v) is 7.22. The number of ether oxygens (including phenoxy) is 1. The lowest BCUT2D eigenvalue weighted by Gasteiger charge is -2.10. The van der Waals surface area contributed by atoms with Gasteiger partial charge in [0.25, 0.3) is 0 Å². The van der Waals surface area contributed by atoms with Crippen LogP contribution in [0.25, 0.3) is 0 Å². The monoisotopic (exact) mass is 319 g/mol. The number of rotatable bonds is 4. The Hall–Kier alpha value is -1.48. The largest absolute Gasteiger partial charge is 0.456 e. The number of benzene rings is 2. The van der Waals surface area contributed by atoms with Gasteiger partial charge in [-0.25, -0.2) is 0 Å². The van der Waals surface area contributed by atoms with Gasteiger partial charge in [0.05, 0.1) is 4.47 Å². The summed E-state index contributed by atoms with van der Waals surface area (Å²) < 4.78 is 6.74. The second kappa shape index (κ2) is 6.11. The van der Waals surface area contributed by atoms with Crippen molar-refractivity contribution in [2.45, 2.75) is 26.7 Å². The van der Waals surface area contributed by atoms with E-state index in [1.165, 1.54) is 5.56 Å². The first-order chi connectivity index (χ1) is 9.10. The fourth-order valence-electron chi connectivity index (χ4n) is 1.89. The highest BCUT2D eigenvalue weighted by atomic mass is 79.9. The predicted octanol–water partition coefficient (Wildman–Crippen LogP) is 5.08. The molecule has 2 rings (SSSR count). The molecule has 0 radical (unpaired) electrons. The summed E-state index contributed by atoms with van der Waals surface area (Å²) in [6, 6.07) is 12.0. The molecule has 3 heteroatoms. The molecule has 0 bridgehead atoms. The van der Waals surface area contributed by atoms with Crippen LogP contribution in [0.15, 0.2) is 40.9 Å². The lowest BCUT2D eigenvalue weighted by atomic mass is 10.1. The third-order valence-electron chi connectivity index (χ3n) is 3.01. The fourth-order valence-corrected chi connectivity index (χ4v) is 2.33. The first kappa shape index (κ1) is 13.9. The fraction of sp³-hybridized carbons (Fsp3) is 0.250. The number of nitrogens with two attached hydrogens (primary N) is 1. The minimum absolute atomic E-state index is 0.762. The standard InChI is InChI=1S/C16H18BrNO/c1-3-4-12-5-7-13(8-6-12)19-16-9-11(2)15(18)10-14(16)17/h5-10H,3-4,18H2,1-2H3. The van der Waals surface area contributed by atoms with Crippen molar-refractivity contribution >= 4 is 21.6 Å². The van der Waals surface area contributed by atoms with Crippen LogP contribution in [0.2, 0.25) is 0 Å². The van der Waals surface area contributed by atoms with E-state index in [4.69, 9.17) is 10.5 Å². The summed E-state index contributed by atoms with van der Waals surface area (Å²) in [5.74, 6) is 1.62. The maximum Gasteiger partial charge on any atom is 0.142 e. The van der Waals surface area contributed by atoms with Gasteiger partial charge in [-0.15, -0.1) is 0 Å². The Labute approximate surface area is 122 Å². The predicted molar refractivity (Wildman–Crippen MR) is 83.8 cm³/mol. The van der Waals surface area contributed by atoms with Gasteiger partial charge in [0.1, 0.15) is 11.5 Å². The van der Waals surface area contributed by atoms with Crippen molar-refractivity contribution in [1.29, 1.82) is 0 Å². The van der Waals surface area contributed by atoms with Gasteiger partial charge in [0.2, 0.25) is 0 Å². The Balaban J connectivity index is 2.19. The number of anilines is 1. The lowest BCUT2D eigenvalue weighted by molar-refractivity contribution is 0.479. The van der Waals surface area contributed by atoms with Gasteiger partial charge in [0, 0.05) is 5.69 Å². The highest BCUT2D eigenvalue weighted by Gasteiger charge is 2.06. The van der Waals surface area contributed by atoms with Crippen molar-refractivity contribution in [2.75, 3.05) is 5.73 Å². The van der Waals surface area contributed by atoms with E-state index in [0.29, 0.717) is 0 Å². The highest BCUT2D eigenvalue weighted by molar-refractivity contribution is 9.10. The Kier molecular flexibility index (Phi) is 4.48. The van der Waals surface area contributed by atoms with E-state index in [1.54, 1.807) is 0 Å². The van der Waals surface area contributed by atoms with Gasteiger partial charge in [-0.1, -0.05) is 25.5 Å². The van der Waals surface area contributed by atoms with Crippen LogP contribution in [0.3, 0.4) is 0 Å². The number of aryl methyl sites for hydroxylation is 2. The molecule has 0 aliphatic carbocycles. The quantitative estimate of drug-likeness (QED) is 0.797.